The molecule has 168 valence electrons. The normalized spacial score (nSPS) is 21.0. The van der Waals surface area contributed by atoms with E-state index in [4.69, 9.17) is 0 Å². The Kier molecular flexibility index (Phi) is 7.06. The fourth-order valence-electron chi connectivity index (χ4n) is 3.91. The molecular weight excluding hydrogens is 428 g/mol. The summed E-state index contributed by atoms with van der Waals surface area (Å²) < 4.78 is 2.56. The Morgan fingerprint density at radius 1 is 1.13 bits per heavy atom. The molecule has 0 radical (unpaired) electrons. The number of likely N-dealkylation sites (tertiary alicyclic amines) is 1. The molecule has 0 N–H and O–H groups in total. The largest absolute Gasteiger partial charge is 0.336 e. The number of piperidine rings is 1. The topological polar surface area (TPSA) is 59.4 Å². The average molecular weight is 461 g/mol. The lowest BCUT2D eigenvalue weighted by Gasteiger charge is -2.39. The van der Waals surface area contributed by atoms with Crippen molar-refractivity contribution < 1.29 is 9.59 Å². The van der Waals surface area contributed by atoms with E-state index in [2.05, 4.69) is 13.8 Å². The van der Waals surface area contributed by atoms with Crippen molar-refractivity contribution >= 4 is 46.5 Å². The summed E-state index contributed by atoms with van der Waals surface area (Å²) in [5.74, 6) is -0.121. The van der Waals surface area contributed by atoms with Crippen LogP contribution in [0.2, 0.25) is 0 Å². The van der Waals surface area contributed by atoms with Crippen LogP contribution in [0.15, 0.2) is 16.9 Å². The molecule has 0 aromatic carbocycles. The van der Waals surface area contributed by atoms with Crippen molar-refractivity contribution in [1.82, 2.24) is 9.47 Å². The summed E-state index contributed by atoms with van der Waals surface area (Å²) >= 11 is 2.89. The first-order chi connectivity index (χ1) is 14.5. The van der Waals surface area contributed by atoms with Crippen LogP contribution in [-0.2, 0) is 16.1 Å². The highest BCUT2D eigenvalue weighted by Gasteiger charge is 2.29. The number of carbonyl (C=O) groups is 2. The van der Waals surface area contributed by atoms with E-state index in [1.165, 1.54) is 26.9 Å². The Bertz CT molecular complexity index is 1140. The van der Waals surface area contributed by atoms with Crippen LogP contribution >= 0.6 is 22.7 Å². The Hall–Kier alpha value is -1.99. The van der Waals surface area contributed by atoms with Gasteiger partial charge in [0.1, 0.15) is 11.2 Å². The third-order valence-corrected chi connectivity index (χ3v) is 7.75. The van der Waals surface area contributed by atoms with Crippen molar-refractivity contribution in [1.29, 1.82) is 0 Å². The van der Waals surface area contributed by atoms with E-state index in [1.54, 1.807) is 11.3 Å². The minimum atomic E-state index is -0.556. The van der Waals surface area contributed by atoms with Crippen LogP contribution in [0.4, 0.5) is 0 Å². The Morgan fingerprint density at radius 2 is 1.77 bits per heavy atom. The number of carbonyl (C=O) groups excluding carboxylic acids is 2. The second kappa shape index (κ2) is 9.25. The molecule has 3 rings (SSSR count). The minimum absolute atomic E-state index is 0.0371. The summed E-state index contributed by atoms with van der Waals surface area (Å²) in [5, 5.41) is 0. The summed E-state index contributed by atoms with van der Waals surface area (Å²) in [4.78, 5) is 43.2. The van der Waals surface area contributed by atoms with Crippen LogP contribution in [0.5, 0.6) is 0 Å². The lowest BCUT2D eigenvalue weighted by atomic mass is 9.91. The smallest absolute Gasteiger partial charge is 0.269 e. The van der Waals surface area contributed by atoms with Gasteiger partial charge in [-0.1, -0.05) is 20.8 Å². The van der Waals surface area contributed by atoms with E-state index in [0.29, 0.717) is 9.20 Å². The number of aryl methyl sites for hydroxylation is 1. The van der Waals surface area contributed by atoms with Crippen molar-refractivity contribution in [3.05, 3.63) is 41.4 Å². The second-order valence-corrected chi connectivity index (χ2v) is 11.9. The summed E-state index contributed by atoms with van der Waals surface area (Å²) in [6.07, 6.45) is 6.46. The van der Waals surface area contributed by atoms with Gasteiger partial charge in [-0.15, -0.1) is 22.7 Å². The molecule has 1 aliphatic heterocycles. The maximum Gasteiger partial charge on any atom is 0.269 e. The monoisotopic (exact) mass is 460 g/mol. The van der Waals surface area contributed by atoms with Gasteiger partial charge in [-0.2, -0.15) is 0 Å². The van der Waals surface area contributed by atoms with E-state index < -0.39 is 5.41 Å². The lowest BCUT2D eigenvalue weighted by molar-refractivity contribution is -0.138. The van der Waals surface area contributed by atoms with Crippen LogP contribution < -0.4 is 14.8 Å². The number of thiophene rings is 1. The Labute approximate surface area is 191 Å². The van der Waals surface area contributed by atoms with Gasteiger partial charge < -0.3 is 4.90 Å². The highest BCUT2D eigenvalue weighted by atomic mass is 32.1. The number of rotatable bonds is 4. The van der Waals surface area contributed by atoms with Gasteiger partial charge in [0.05, 0.1) is 4.53 Å². The average Bonchev–Trinajstić information content (AvgIpc) is 3.19. The minimum Gasteiger partial charge on any atom is -0.336 e. The molecule has 2 aromatic heterocycles. The molecule has 0 bridgehead atoms. The third-order valence-electron chi connectivity index (χ3n) is 5.74. The third kappa shape index (κ3) is 5.44. The zero-order chi connectivity index (χ0) is 22.9. The van der Waals surface area contributed by atoms with Gasteiger partial charge in [-0.3, -0.25) is 19.0 Å². The number of nitrogens with zero attached hydrogens (tertiary/aromatic N) is 2. The quantitative estimate of drug-likeness (QED) is 0.703. The highest BCUT2D eigenvalue weighted by Crippen LogP contribution is 2.22. The van der Waals surface area contributed by atoms with Crippen LogP contribution in [0, 0.1) is 12.3 Å². The van der Waals surface area contributed by atoms with Gasteiger partial charge >= 0.3 is 0 Å². The van der Waals surface area contributed by atoms with Gasteiger partial charge in [-0.05, 0) is 58.2 Å². The second-order valence-electron chi connectivity index (χ2n) is 9.48. The first-order valence-electron chi connectivity index (χ1n) is 10.8. The molecule has 0 spiro atoms. The first kappa shape index (κ1) is 23.7. The van der Waals surface area contributed by atoms with Crippen LogP contribution in [0.1, 0.15) is 63.6 Å². The molecular formula is C24H32N2O3S2. The van der Waals surface area contributed by atoms with E-state index in [0.717, 1.165) is 24.1 Å². The number of ketones is 1. The zero-order valence-corrected chi connectivity index (χ0v) is 20.9. The maximum atomic E-state index is 13.3. The molecule has 31 heavy (non-hydrogen) atoms. The summed E-state index contributed by atoms with van der Waals surface area (Å²) in [7, 11) is 0. The van der Waals surface area contributed by atoms with Gasteiger partial charge in [0.15, 0.2) is 5.78 Å². The van der Waals surface area contributed by atoms with Crippen molar-refractivity contribution in [2.75, 3.05) is 0 Å². The van der Waals surface area contributed by atoms with Crippen LogP contribution in [0.25, 0.3) is 12.2 Å². The van der Waals surface area contributed by atoms with Gasteiger partial charge in [0, 0.05) is 33.3 Å². The van der Waals surface area contributed by atoms with Gasteiger partial charge in [-0.25, -0.2) is 0 Å². The van der Waals surface area contributed by atoms with Crippen molar-refractivity contribution in [3.63, 3.8) is 0 Å². The molecule has 2 unspecified atom stereocenters. The Balaban J connectivity index is 2.08. The molecule has 5 nitrogen and oxygen atoms in total. The van der Waals surface area contributed by atoms with Crippen molar-refractivity contribution in [2.45, 2.75) is 79.4 Å². The van der Waals surface area contributed by atoms with Crippen LogP contribution in [-0.4, -0.2) is 33.2 Å². The lowest BCUT2D eigenvalue weighted by Crippen LogP contribution is -2.50. The number of hydrogen-bond donors (Lipinski definition) is 0. The molecule has 3 heterocycles. The molecule has 1 fully saturated rings. The first-order valence-corrected chi connectivity index (χ1v) is 12.5. The molecule has 2 atom stereocenters. The van der Waals surface area contributed by atoms with E-state index in [-0.39, 0.29) is 35.9 Å². The molecule has 0 saturated carbocycles. The summed E-state index contributed by atoms with van der Waals surface area (Å²) in [6, 6.07) is 4.32. The fourth-order valence-corrected chi connectivity index (χ4v) is 5.84. The molecule has 2 aromatic rings. The van der Waals surface area contributed by atoms with Gasteiger partial charge in [0.25, 0.3) is 5.56 Å². The zero-order valence-electron chi connectivity index (χ0n) is 19.2. The van der Waals surface area contributed by atoms with E-state index in [1.807, 2.05) is 50.8 Å². The highest BCUT2D eigenvalue weighted by molar-refractivity contribution is 7.13. The summed E-state index contributed by atoms with van der Waals surface area (Å²) in [5.41, 5.74) is -0.769. The molecule has 0 aliphatic carbocycles. The standard InChI is InChI=1S/C24H32N2O3S2/c1-15-8-7-9-16(2)26(15)21(28)14-25-22(13-20(27)24(4,5)6)31-19(23(25)29)12-18-11-10-17(3)30-18/h10-13,15-16H,7-9,14H2,1-6H3/b19-12+,22-13-. The fraction of sp³-hybridized carbons (Fsp3) is 0.542. The van der Waals surface area contributed by atoms with Crippen molar-refractivity contribution in [2.24, 2.45) is 5.41 Å². The molecule has 1 saturated heterocycles. The van der Waals surface area contributed by atoms with E-state index in [9.17, 15) is 14.4 Å². The van der Waals surface area contributed by atoms with Crippen molar-refractivity contribution in [3.8, 4) is 0 Å². The van der Waals surface area contributed by atoms with Gasteiger partial charge in [0.2, 0.25) is 5.91 Å². The summed E-state index contributed by atoms with van der Waals surface area (Å²) in [6.45, 7) is 11.7. The molecule has 1 aliphatic rings. The molecule has 1 amide bonds. The predicted molar refractivity (Wildman–Crippen MR) is 129 cm³/mol. The molecule has 7 heteroatoms. The Morgan fingerprint density at radius 3 is 2.32 bits per heavy atom. The number of thiazole rings is 1. The number of aromatic nitrogens is 1. The maximum absolute atomic E-state index is 13.3. The SMILES string of the molecule is Cc1ccc(/C=c2/s/c(=C\C(=O)C(C)(C)C)n(CC(=O)N3C(C)CCCC3C)c2=O)s1. The number of Topliss-reactive ketones (excluding diaryl/α,β-unsaturated/α-hetero) is 1. The predicted octanol–water partition coefficient (Wildman–Crippen LogP) is 3.29. The number of amides is 1. The van der Waals surface area contributed by atoms with Crippen LogP contribution in [0.3, 0.4) is 0 Å². The van der Waals surface area contributed by atoms with E-state index >= 15 is 0 Å². The number of hydrogen-bond acceptors (Lipinski definition) is 5.